The lowest BCUT2D eigenvalue weighted by atomic mass is 9.92. The highest BCUT2D eigenvalue weighted by molar-refractivity contribution is 6.35. The average molecular weight is 625 g/mol. The van der Waals surface area contributed by atoms with Crippen LogP contribution in [-0.4, -0.2) is 150 Å². The van der Waals surface area contributed by atoms with E-state index >= 15 is 0 Å². The van der Waals surface area contributed by atoms with Gasteiger partial charge in [0, 0.05) is 78.5 Å². The molecule has 1 rings (SSSR count). The van der Waals surface area contributed by atoms with Crippen molar-refractivity contribution in [3.8, 4) is 0 Å². The second kappa shape index (κ2) is 16.9. The Morgan fingerprint density at radius 1 is 0.386 bits per heavy atom. The summed E-state index contributed by atoms with van der Waals surface area (Å²) in [6.07, 6.45) is 0. The van der Waals surface area contributed by atoms with Crippen LogP contribution in [0.15, 0.2) is 0 Å². The van der Waals surface area contributed by atoms with Gasteiger partial charge in [0.15, 0.2) is 0 Å². The maximum atomic E-state index is 12.6. The molecule has 0 unspecified atom stereocenters. The van der Waals surface area contributed by atoms with Crippen LogP contribution in [0.5, 0.6) is 0 Å². The van der Waals surface area contributed by atoms with Crippen LogP contribution in [0.2, 0.25) is 0 Å². The molecule has 0 atom stereocenters. The monoisotopic (exact) mass is 625 g/mol. The predicted molar refractivity (Wildman–Crippen MR) is 177 cm³/mol. The minimum atomic E-state index is -0.604. The Balaban J connectivity index is 2.95. The molecule has 0 aromatic carbocycles. The van der Waals surface area contributed by atoms with Crippen LogP contribution in [0.25, 0.3) is 0 Å². The van der Waals surface area contributed by atoms with Crippen molar-refractivity contribution < 1.29 is 19.2 Å². The standard InChI is InChI=1S/C32H64N8O4/c1-29(2)17-33-25(41)26(42)34-18-30(3,4)23-39(11)15-16-40(12)24-32(7,8)20-36-28(44)27(43)35-19-31(5,6)22-38(10)14-13-37(9)21-29/h13-24H2,1-12H3,(H,33,41)(H,34,42)(H,35,43)(H,36,44). The van der Waals surface area contributed by atoms with Gasteiger partial charge in [0.2, 0.25) is 0 Å². The molecule has 1 saturated heterocycles. The van der Waals surface area contributed by atoms with Gasteiger partial charge in [-0.15, -0.1) is 0 Å². The van der Waals surface area contributed by atoms with Gasteiger partial charge in [0.1, 0.15) is 0 Å². The summed E-state index contributed by atoms with van der Waals surface area (Å²) in [5.74, 6) is -2.42. The molecule has 0 saturated carbocycles. The molecular formula is C32H64N8O4. The molecule has 44 heavy (non-hydrogen) atoms. The first kappa shape index (κ1) is 39.7. The smallest absolute Gasteiger partial charge is 0.309 e. The van der Waals surface area contributed by atoms with Gasteiger partial charge < -0.3 is 40.9 Å². The van der Waals surface area contributed by atoms with Crippen molar-refractivity contribution in [3.63, 3.8) is 0 Å². The summed E-state index contributed by atoms with van der Waals surface area (Å²) < 4.78 is 0. The molecule has 0 aromatic heterocycles. The average Bonchev–Trinajstić information content (AvgIpc) is 2.88. The molecule has 1 fully saturated rings. The van der Waals surface area contributed by atoms with Gasteiger partial charge in [-0.05, 0) is 49.9 Å². The van der Waals surface area contributed by atoms with Gasteiger partial charge >= 0.3 is 23.6 Å². The summed E-state index contributed by atoms with van der Waals surface area (Å²) in [7, 11) is 8.19. The molecule has 0 radical (unpaired) electrons. The van der Waals surface area contributed by atoms with Crippen LogP contribution in [0.4, 0.5) is 0 Å². The number of rotatable bonds is 0. The van der Waals surface area contributed by atoms with Crippen molar-refractivity contribution in [3.05, 3.63) is 0 Å². The second-order valence-corrected chi connectivity index (χ2v) is 16.3. The Labute approximate surface area is 267 Å². The van der Waals surface area contributed by atoms with Gasteiger partial charge in [-0.25, -0.2) is 0 Å². The maximum Gasteiger partial charge on any atom is 0.309 e. The van der Waals surface area contributed by atoms with Crippen LogP contribution in [0.3, 0.4) is 0 Å². The van der Waals surface area contributed by atoms with Crippen LogP contribution >= 0.6 is 0 Å². The fourth-order valence-electron chi connectivity index (χ4n) is 5.74. The van der Waals surface area contributed by atoms with Crippen LogP contribution in [0, 0.1) is 21.7 Å². The molecule has 12 nitrogen and oxygen atoms in total. The van der Waals surface area contributed by atoms with E-state index in [1.807, 2.05) is 28.2 Å². The fourth-order valence-corrected chi connectivity index (χ4v) is 5.74. The normalized spacial score (nSPS) is 25.9. The number of nitrogens with one attached hydrogen (secondary N) is 4. The molecule has 4 N–H and O–H groups in total. The van der Waals surface area contributed by atoms with E-state index in [1.54, 1.807) is 0 Å². The number of hydrogen-bond acceptors (Lipinski definition) is 8. The van der Waals surface area contributed by atoms with Crippen molar-refractivity contribution in [2.24, 2.45) is 21.7 Å². The molecule has 1 aliphatic heterocycles. The zero-order valence-electron chi connectivity index (χ0n) is 29.9. The highest BCUT2D eigenvalue weighted by Crippen LogP contribution is 2.19. The third-order valence-corrected chi connectivity index (χ3v) is 7.84. The molecule has 0 aromatic rings. The molecule has 0 aliphatic carbocycles. The van der Waals surface area contributed by atoms with Crippen molar-refractivity contribution in [1.82, 2.24) is 40.9 Å². The number of carbonyl (C=O) groups is 4. The van der Waals surface area contributed by atoms with E-state index in [1.165, 1.54) is 0 Å². The third kappa shape index (κ3) is 16.7. The minimum Gasteiger partial charge on any atom is -0.347 e. The predicted octanol–water partition coefficient (Wildman–Crippen LogP) is 0.297. The third-order valence-electron chi connectivity index (χ3n) is 7.84. The first-order valence-electron chi connectivity index (χ1n) is 15.9. The Kier molecular flexibility index (Phi) is 15.2. The fraction of sp³-hybridized carbons (Fsp3) is 0.875. The van der Waals surface area contributed by atoms with Crippen molar-refractivity contribution in [1.29, 1.82) is 0 Å². The zero-order valence-corrected chi connectivity index (χ0v) is 29.9. The van der Waals surface area contributed by atoms with Gasteiger partial charge in [0.25, 0.3) is 0 Å². The Bertz CT molecular complexity index is 814. The van der Waals surface area contributed by atoms with Gasteiger partial charge in [-0.1, -0.05) is 55.4 Å². The Morgan fingerprint density at radius 3 is 0.705 bits per heavy atom. The molecular weight excluding hydrogens is 560 g/mol. The number of likely N-dealkylation sites (N-methyl/N-ethyl adjacent to an activating group) is 4. The van der Waals surface area contributed by atoms with E-state index in [4.69, 9.17) is 0 Å². The summed E-state index contributed by atoms with van der Waals surface area (Å²) in [4.78, 5) is 59.2. The summed E-state index contributed by atoms with van der Waals surface area (Å²) in [6, 6.07) is 0. The largest absolute Gasteiger partial charge is 0.347 e. The zero-order chi connectivity index (χ0) is 33.9. The van der Waals surface area contributed by atoms with E-state index in [-0.39, 0.29) is 21.7 Å². The number of nitrogens with zero attached hydrogens (tertiary/aromatic N) is 4. The van der Waals surface area contributed by atoms with Crippen molar-refractivity contribution >= 4 is 23.6 Å². The molecule has 4 amide bonds. The lowest BCUT2D eigenvalue weighted by Crippen LogP contribution is -2.50. The van der Waals surface area contributed by atoms with Gasteiger partial charge in [0.05, 0.1) is 0 Å². The van der Waals surface area contributed by atoms with Gasteiger partial charge in [-0.3, -0.25) is 19.2 Å². The summed E-state index contributed by atoms with van der Waals surface area (Å²) in [5.41, 5.74) is -0.943. The lowest BCUT2D eigenvalue weighted by Gasteiger charge is -2.34. The van der Waals surface area contributed by atoms with Crippen molar-refractivity contribution in [2.75, 3.05) is 107 Å². The highest BCUT2D eigenvalue weighted by atomic mass is 16.2. The van der Waals surface area contributed by atoms with Crippen molar-refractivity contribution in [2.45, 2.75) is 55.4 Å². The first-order chi connectivity index (χ1) is 20.0. The second-order valence-electron chi connectivity index (χ2n) is 16.3. The summed E-state index contributed by atoms with van der Waals surface area (Å²) in [6.45, 7) is 24.3. The molecule has 12 heteroatoms. The van der Waals surface area contributed by atoms with Crippen LogP contribution in [-0.2, 0) is 19.2 Å². The van der Waals surface area contributed by atoms with Gasteiger partial charge in [-0.2, -0.15) is 0 Å². The quantitative estimate of drug-likeness (QED) is 0.284. The molecule has 0 spiro atoms. The Hall–Kier alpha value is -2.28. The SMILES string of the molecule is CN1CCN(C)CC(C)(C)CNC(=O)C(=O)NCC(C)(C)CN(C)CCN(C)CC(C)(C)CNC(=O)C(=O)NCC(C)(C)C1. The number of carbonyl (C=O) groups excluding carboxylic acids is 4. The van der Waals surface area contributed by atoms with E-state index in [2.05, 4.69) is 96.3 Å². The molecule has 1 heterocycles. The number of hydrogen-bond donors (Lipinski definition) is 4. The molecule has 1 aliphatic rings. The van der Waals surface area contributed by atoms with E-state index in [0.29, 0.717) is 26.2 Å². The van der Waals surface area contributed by atoms with E-state index in [0.717, 1.165) is 52.4 Å². The minimum absolute atomic E-state index is 0.236. The first-order valence-corrected chi connectivity index (χ1v) is 15.9. The van der Waals surface area contributed by atoms with Crippen LogP contribution < -0.4 is 21.3 Å². The number of amides is 4. The molecule has 0 bridgehead atoms. The van der Waals surface area contributed by atoms with E-state index in [9.17, 15) is 19.2 Å². The highest BCUT2D eigenvalue weighted by Gasteiger charge is 2.28. The maximum absolute atomic E-state index is 12.6. The van der Waals surface area contributed by atoms with E-state index < -0.39 is 23.6 Å². The summed E-state index contributed by atoms with van der Waals surface area (Å²) in [5, 5.41) is 11.3. The Morgan fingerprint density at radius 2 is 0.545 bits per heavy atom. The lowest BCUT2D eigenvalue weighted by molar-refractivity contribution is -0.139. The topological polar surface area (TPSA) is 129 Å². The summed E-state index contributed by atoms with van der Waals surface area (Å²) >= 11 is 0. The molecule has 256 valence electrons. The van der Waals surface area contributed by atoms with Crippen LogP contribution in [0.1, 0.15) is 55.4 Å².